The summed E-state index contributed by atoms with van der Waals surface area (Å²) in [6.45, 7) is 4.29. The van der Waals surface area contributed by atoms with Gasteiger partial charge in [-0.2, -0.15) is 0 Å². The molecule has 2 aromatic heterocycles. The molecule has 0 amide bonds. The lowest BCUT2D eigenvalue weighted by Gasteiger charge is -2.12. The van der Waals surface area contributed by atoms with Gasteiger partial charge < -0.3 is 10.3 Å². The summed E-state index contributed by atoms with van der Waals surface area (Å²) in [5.74, 6) is 0. The molecule has 1 aromatic carbocycles. The monoisotopic (exact) mass is 266 g/mol. The second-order valence-corrected chi connectivity index (χ2v) is 5.23. The van der Waals surface area contributed by atoms with Crippen molar-refractivity contribution in [1.29, 1.82) is 0 Å². The molecule has 0 fully saturated rings. The van der Waals surface area contributed by atoms with E-state index in [1.165, 1.54) is 0 Å². The van der Waals surface area contributed by atoms with Crippen molar-refractivity contribution in [2.75, 3.05) is 0 Å². The van der Waals surface area contributed by atoms with E-state index in [0.717, 1.165) is 22.3 Å². The first-order valence-corrected chi connectivity index (χ1v) is 6.80. The topological polar surface area (TPSA) is 56.7 Å². The fraction of sp³-hybridized carbons (Fsp3) is 0.250. The molecule has 0 spiro atoms. The highest BCUT2D eigenvalue weighted by Gasteiger charge is 2.12. The molecule has 4 heteroatoms. The lowest BCUT2D eigenvalue weighted by Crippen LogP contribution is -2.13. The highest BCUT2D eigenvalue weighted by Crippen LogP contribution is 2.23. The number of nitrogens with two attached hydrogens (primary N) is 1. The Balaban J connectivity index is 2.01. The van der Waals surface area contributed by atoms with Gasteiger partial charge in [0.25, 0.3) is 0 Å². The summed E-state index contributed by atoms with van der Waals surface area (Å²) in [6.07, 6.45) is 3.65. The van der Waals surface area contributed by atoms with Gasteiger partial charge in [-0.3, -0.25) is 4.98 Å². The van der Waals surface area contributed by atoms with Gasteiger partial charge in [-0.05, 0) is 43.7 Å². The van der Waals surface area contributed by atoms with Gasteiger partial charge in [-0.1, -0.05) is 12.1 Å². The molecular formula is C16H18N4. The Kier molecular flexibility index (Phi) is 3.24. The first-order valence-electron chi connectivity index (χ1n) is 6.80. The molecule has 0 saturated carbocycles. The minimum Gasteiger partial charge on any atom is -0.328 e. The third-order valence-electron chi connectivity index (χ3n) is 3.52. The van der Waals surface area contributed by atoms with Crippen molar-refractivity contribution in [1.82, 2.24) is 14.5 Å². The number of rotatable bonds is 3. The van der Waals surface area contributed by atoms with Crippen LogP contribution in [0.5, 0.6) is 0 Å². The second-order valence-electron chi connectivity index (χ2n) is 5.23. The minimum absolute atomic E-state index is 0.218. The van der Waals surface area contributed by atoms with Gasteiger partial charge in [-0.15, -0.1) is 0 Å². The number of fused-ring (bicyclic) bond motifs is 1. The van der Waals surface area contributed by atoms with Crippen LogP contribution in [0.4, 0.5) is 0 Å². The smallest absolute Gasteiger partial charge is 0.0960 e. The Hall–Kier alpha value is -2.20. The molecule has 2 heterocycles. The third-order valence-corrected chi connectivity index (χ3v) is 3.52. The maximum Gasteiger partial charge on any atom is 0.0960 e. The first-order chi connectivity index (χ1) is 9.66. The Morgan fingerprint density at radius 2 is 1.95 bits per heavy atom. The van der Waals surface area contributed by atoms with E-state index in [1.807, 2.05) is 30.6 Å². The molecule has 3 aromatic rings. The molecule has 0 aliphatic rings. The fourth-order valence-electron chi connectivity index (χ4n) is 2.38. The fourth-order valence-corrected chi connectivity index (χ4v) is 2.38. The highest BCUT2D eigenvalue weighted by atomic mass is 15.1. The summed E-state index contributed by atoms with van der Waals surface area (Å²) in [6, 6.07) is 12.2. The lowest BCUT2D eigenvalue weighted by atomic mass is 10.0. The first kappa shape index (κ1) is 12.8. The molecule has 1 unspecified atom stereocenters. The number of aromatic nitrogens is 3. The molecule has 0 aliphatic heterocycles. The van der Waals surface area contributed by atoms with Gasteiger partial charge in [0, 0.05) is 12.2 Å². The summed E-state index contributed by atoms with van der Waals surface area (Å²) in [5.41, 5.74) is 10.3. The molecule has 0 radical (unpaired) electrons. The van der Waals surface area contributed by atoms with Crippen LogP contribution in [0.15, 0.2) is 48.9 Å². The van der Waals surface area contributed by atoms with Crippen LogP contribution >= 0.6 is 0 Å². The SMILES string of the molecule is CC(C)n1cnc2cc(C(N)c3ccccn3)ccc21. The molecule has 2 N–H and O–H groups in total. The van der Waals surface area contributed by atoms with Crippen molar-refractivity contribution in [3.05, 3.63) is 60.2 Å². The van der Waals surface area contributed by atoms with Crippen LogP contribution in [-0.4, -0.2) is 14.5 Å². The van der Waals surface area contributed by atoms with E-state index in [9.17, 15) is 0 Å². The van der Waals surface area contributed by atoms with Crippen LogP contribution in [0.3, 0.4) is 0 Å². The largest absolute Gasteiger partial charge is 0.328 e. The maximum absolute atomic E-state index is 6.28. The van der Waals surface area contributed by atoms with Gasteiger partial charge in [0.1, 0.15) is 0 Å². The van der Waals surface area contributed by atoms with E-state index in [1.54, 1.807) is 6.20 Å². The van der Waals surface area contributed by atoms with Crippen molar-refractivity contribution < 1.29 is 0 Å². The molecular weight excluding hydrogens is 248 g/mol. The number of hydrogen-bond acceptors (Lipinski definition) is 3. The van der Waals surface area contributed by atoms with E-state index in [0.29, 0.717) is 6.04 Å². The number of nitrogens with zero attached hydrogens (tertiary/aromatic N) is 3. The summed E-state index contributed by atoms with van der Waals surface area (Å²) >= 11 is 0. The molecule has 4 nitrogen and oxygen atoms in total. The Labute approximate surface area is 118 Å². The van der Waals surface area contributed by atoms with Gasteiger partial charge in [0.2, 0.25) is 0 Å². The van der Waals surface area contributed by atoms with Crippen LogP contribution in [0.1, 0.15) is 37.2 Å². The number of hydrogen-bond donors (Lipinski definition) is 1. The zero-order chi connectivity index (χ0) is 14.1. The molecule has 0 saturated heterocycles. The highest BCUT2D eigenvalue weighted by molar-refractivity contribution is 5.76. The predicted molar refractivity (Wildman–Crippen MR) is 80.4 cm³/mol. The summed E-state index contributed by atoms with van der Waals surface area (Å²) in [4.78, 5) is 8.78. The molecule has 1 atom stereocenters. The van der Waals surface area contributed by atoms with Crippen molar-refractivity contribution >= 4 is 11.0 Å². The average Bonchev–Trinajstić information content (AvgIpc) is 2.90. The van der Waals surface area contributed by atoms with E-state index in [-0.39, 0.29) is 6.04 Å². The zero-order valence-corrected chi connectivity index (χ0v) is 11.7. The molecule has 0 aliphatic carbocycles. The number of imidazole rings is 1. The van der Waals surface area contributed by atoms with Crippen molar-refractivity contribution in [2.45, 2.75) is 25.9 Å². The zero-order valence-electron chi connectivity index (χ0n) is 11.7. The van der Waals surface area contributed by atoms with E-state index < -0.39 is 0 Å². The predicted octanol–water partition coefficient (Wildman–Crippen LogP) is 3.06. The number of pyridine rings is 1. The van der Waals surface area contributed by atoms with Gasteiger partial charge >= 0.3 is 0 Å². The van der Waals surface area contributed by atoms with Crippen molar-refractivity contribution in [3.8, 4) is 0 Å². The third kappa shape index (κ3) is 2.18. The average molecular weight is 266 g/mol. The Morgan fingerprint density at radius 3 is 2.65 bits per heavy atom. The number of benzene rings is 1. The van der Waals surface area contributed by atoms with Crippen LogP contribution < -0.4 is 5.73 Å². The molecule has 3 rings (SSSR count). The molecule has 20 heavy (non-hydrogen) atoms. The van der Waals surface area contributed by atoms with Crippen LogP contribution in [0.25, 0.3) is 11.0 Å². The van der Waals surface area contributed by atoms with Gasteiger partial charge in [0.15, 0.2) is 0 Å². The Bertz CT molecular complexity index is 716. The van der Waals surface area contributed by atoms with Crippen LogP contribution in [-0.2, 0) is 0 Å². The van der Waals surface area contributed by atoms with E-state index in [4.69, 9.17) is 5.73 Å². The molecule has 0 bridgehead atoms. The quantitative estimate of drug-likeness (QED) is 0.792. The van der Waals surface area contributed by atoms with E-state index >= 15 is 0 Å². The maximum atomic E-state index is 6.28. The van der Waals surface area contributed by atoms with Gasteiger partial charge in [-0.25, -0.2) is 4.98 Å². The summed E-state index contributed by atoms with van der Waals surface area (Å²) in [5, 5.41) is 0. The lowest BCUT2D eigenvalue weighted by molar-refractivity contribution is 0.617. The minimum atomic E-state index is -0.218. The summed E-state index contributed by atoms with van der Waals surface area (Å²) in [7, 11) is 0. The van der Waals surface area contributed by atoms with Crippen LogP contribution in [0, 0.1) is 0 Å². The summed E-state index contributed by atoms with van der Waals surface area (Å²) < 4.78 is 2.16. The second kappa shape index (κ2) is 5.06. The molecule has 102 valence electrons. The van der Waals surface area contributed by atoms with Crippen molar-refractivity contribution in [2.24, 2.45) is 5.73 Å². The van der Waals surface area contributed by atoms with E-state index in [2.05, 4.69) is 40.5 Å². The van der Waals surface area contributed by atoms with Gasteiger partial charge in [0.05, 0.1) is 29.1 Å². The Morgan fingerprint density at radius 1 is 1.10 bits per heavy atom. The standard InChI is InChI=1S/C16H18N4/c1-11(2)20-10-19-14-9-12(6-7-15(14)20)16(17)13-5-3-4-8-18-13/h3-11,16H,17H2,1-2H3. The van der Waals surface area contributed by atoms with Crippen molar-refractivity contribution in [3.63, 3.8) is 0 Å². The normalized spacial score (nSPS) is 13.0. The van der Waals surface area contributed by atoms with Crippen LogP contribution in [0.2, 0.25) is 0 Å².